The van der Waals surface area contributed by atoms with Gasteiger partial charge in [-0.05, 0) is 85.5 Å². The minimum atomic E-state index is -3.51. The van der Waals surface area contributed by atoms with E-state index in [2.05, 4.69) is 17.3 Å². The van der Waals surface area contributed by atoms with Gasteiger partial charge in [0.05, 0.1) is 15.0 Å². The first kappa shape index (κ1) is 26.1. The zero-order valence-electron chi connectivity index (χ0n) is 20.6. The highest BCUT2D eigenvalue weighted by atomic mass is 35.5. The Balaban J connectivity index is 1.31. The summed E-state index contributed by atoms with van der Waals surface area (Å²) >= 11 is 7.51. The number of ether oxygens (including phenoxy) is 1. The molecule has 9 heteroatoms. The third-order valence-corrected chi connectivity index (χ3v) is 9.99. The van der Waals surface area contributed by atoms with Gasteiger partial charge in [-0.1, -0.05) is 29.8 Å². The summed E-state index contributed by atoms with van der Waals surface area (Å²) in [6.45, 7) is 2.45. The summed E-state index contributed by atoms with van der Waals surface area (Å²) < 4.78 is 32.0. The van der Waals surface area contributed by atoms with Crippen LogP contribution in [-0.4, -0.2) is 51.3 Å². The molecule has 0 bridgehead atoms. The molecule has 0 saturated carbocycles. The lowest BCUT2D eigenvalue weighted by Gasteiger charge is -2.31. The van der Waals surface area contributed by atoms with Crippen molar-refractivity contribution in [3.8, 4) is 10.4 Å². The van der Waals surface area contributed by atoms with Crippen molar-refractivity contribution < 1.29 is 17.9 Å². The number of nitrogens with one attached hydrogen (secondary N) is 1. The molecule has 37 heavy (non-hydrogen) atoms. The lowest BCUT2D eigenvalue weighted by molar-refractivity contribution is -0.112. The number of nitrogens with zero attached hydrogens (tertiary/aromatic N) is 1. The number of sulfone groups is 1. The normalized spacial score (nSPS) is 17.6. The molecule has 2 aromatic carbocycles. The van der Waals surface area contributed by atoms with Crippen LogP contribution >= 0.6 is 22.9 Å². The smallest absolute Gasteiger partial charge is 0.251 e. The van der Waals surface area contributed by atoms with E-state index in [0.29, 0.717) is 27.2 Å². The van der Waals surface area contributed by atoms with Gasteiger partial charge in [0.15, 0.2) is 9.84 Å². The third-order valence-electron chi connectivity index (χ3n) is 6.92. The van der Waals surface area contributed by atoms with Crippen LogP contribution in [0.3, 0.4) is 0 Å². The van der Waals surface area contributed by atoms with Crippen molar-refractivity contribution >= 4 is 50.4 Å². The van der Waals surface area contributed by atoms with Crippen molar-refractivity contribution in [3.63, 3.8) is 0 Å². The molecule has 1 N–H and O–H groups in total. The third kappa shape index (κ3) is 6.16. The Bertz CT molecular complexity index is 1420. The molecule has 2 aliphatic heterocycles. The number of amides is 1. The minimum Gasteiger partial charge on any atom is -0.381 e. The van der Waals surface area contributed by atoms with Crippen molar-refractivity contribution in [3.05, 3.63) is 75.6 Å². The summed E-state index contributed by atoms with van der Waals surface area (Å²) in [6.07, 6.45) is 3.93. The molecule has 3 heterocycles. The van der Waals surface area contributed by atoms with E-state index in [4.69, 9.17) is 16.3 Å². The van der Waals surface area contributed by atoms with Crippen LogP contribution in [0.1, 0.15) is 30.4 Å². The largest absolute Gasteiger partial charge is 0.381 e. The maximum absolute atomic E-state index is 13.2. The van der Waals surface area contributed by atoms with Gasteiger partial charge in [0.1, 0.15) is 0 Å². The number of fused-ring (bicyclic) bond motifs is 1. The number of thiophene rings is 1. The molecule has 5 rings (SSSR count). The summed E-state index contributed by atoms with van der Waals surface area (Å²) in [5, 5.41) is 2.94. The van der Waals surface area contributed by atoms with Gasteiger partial charge in [0.2, 0.25) is 0 Å². The molecule has 2 aliphatic rings. The fourth-order valence-electron chi connectivity index (χ4n) is 4.81. The highest BCUT2D eigenvalue weighted by Gasteiger charge is 2.25. The Morgan fingerprint density at radius 1 is 1.11 bits per heavy atom. The van der Waals surface area contributed by atoms with E-state index in [0.717, 1.165) is 43.0 Å². The van der Waals surface area contributed by atoms with E-state index in [1.807, 2.05) is 42.5 Å². The quantitative estimate of drug-likeness (QED) is 0.410. The van der Waals surface area contributed by atoms with Crippen LogP contribution in [-0.2, 0) is 25.9 Å². The zero-order valence-corrected chi connectivity index (χ0v) is 23.0. The Morgan fingerprint density at radius 3 is 2.57 bits per heavy atom. The van der Waals surface area contributed by atoms with Gasteiger partial charge < -0.3 is 10.1 Å². The van der Waals surface area contributed by atoms with Gasteiger partial charge in [-0.25, -0.2) is 8.42 Å². The second kappa shape index (κ2) is 11.1. The Morgan fingerprint density at radius 2 is 1.86 bits per heavy atom. The lowest BCUT2D eigenvalue weighted by Crippen LogP contribution is -2.36. The monoisotopic (exact) mass is 556 g/mol. The molecule has 0 atom stereocenters. The van der Waals surface area contributed by atoms with Crippen LogP contribution in [0.5, 0.6) is 0 Å². The first-order chi connectivity index (χ1) is 17.8. The van der Waals surface area contributed by atoms with Crippen LogP contribution in [0.4, 0.5) is 5.69 Å². The molecule has 3 aromatic rings. The van der Waals surface area contributed by atoms with E-state index in [1.165, 1.54) is 16.9 Å². The Hall–Kier alpha value is -2.49. The summed E-state index contributed by atoms with van der Waals surface area (Å²) in [7, 11) is -1.37. The van der Waals surface area contributed by atoms with Crippen molar-refractivity contribution in [1.29, 1.82) is 0 Å². The summed E-state index contributed by atoms with van der Waals surface area (Å²) in [4.78, 5) is 16.7. The van der Waals surface area contributed by atoms with Crippen LogP contribution in [0.25, 0.3) is 16.5 Å². The lowest BCUT2D eigenvalue weighted by atomic mass is 10.0. The zero-order chi connectivity index (χ0) is 26.0. The second-order valence-electron chi connectivity index (χ2n) is 9.50. The number of halogens is 1. The molecule has 6 nitrogen and oxygen atoms in total. The van der Waals surface area contributed by atoms with Gasteiger partial charge in [0, 0.05) is 41.9 Å². The number of hydrogen-bond acceptors (Lipinski definition) is 6. The number of rotatable bonds is 6. The van der Waals surface area contributed by atoms with E-state index in [9.17, 15) is 13.2 Å². The van der Waals surface area contributed by atoms with E-state index in [-0.39, 0.29) is 23.0 Å². The summed E-state index contributed by atoms with van der Waals surface area (Å²) in [5.41, 5.74) is 3.67. The van der Waals surface area contributed by atoms with Crippen molar-refractivity contribution in [2.75, 3.05) is 31.3 Å². The first-order valence-electron chi connectivity index (χ1n) is 12.3. The minimum absolute atomic E-state index is 0.110. The van der Waals surface area contributed by atoms with E-state index < -0.39 is 9.84 Å². The van der Waals surface area contributed by atoms with E-state index >= 15 is 0 Å². The number of hydrogen-bond donors (Lipinski definition) is 1. The van der Waals surface area contributed by atoms with Crippen molar-refractivity contribution in [2.24, 2.45) is 0 Å². The highest BCUT2D eigenvalue weighted by Crippen LogP contribution is 2.35. The molecule has 1 saturated heterocycles. The number of carbonyl (C=O) groups excluding carboxylic acids is 1. The molecule has 1 amide bonds. The SMILES string of the molecule is CN(Cc1ccc(NC(=O)C2=Cc3cc(-c4ccc(Cl)s4)ccc3S(=O)(=O)CC2)cc1)C1CCOCC1. The number of anilines is 1. The van der Waals surface area contributed by atoms with Gasteiger partial charge in [0.25, 0.3) is 5.91 Å². The van der Waals surface area contributed by atoms with Crippen LogP contribution in [0, 0.1) is 0 Å². The molecule has 0 unspecified atom stereocenters. The standard InChI is InChI=1S/C28H29ClN2O4S2/c1-31(24-10-13-35-14-11-24)18-19-2-5-23(6-3-19)30-28(32)21-12-15-37(33,34)26-8-4-20(16-22(26)17-21)25-7-9-27(29)36-25/h2-9,16-17,24H,10-15,18H2,1H3,(H,30,32). The Kier molecular flexibility index (Phi) is 7.83. The topological polar surface area (TPSA) is 75.7 Å². The molecular weight excluding hydrogens is 528 g/mol. The fourth-order valence-corrected chi connectivity index (χ4v) is 7.31. The average Bonchev–Trinajstić information content (AvgIpc) is 3.28. The second-order valence-corrected chi connectivity index (χ2v) is 13.3. The van der Waals surface area contributed by atoms with E-state index in [1.54, 1.807) is 18.2 Å². The molecule has 0 radical (unpaired) electrons. The average molecular weight is 557 g/mol. The first-order valence-corrected chi connectivity index (χ1v) is 15.1. The maximum Gasteiger partial charge on any atom is 0.251 e. The van der Waals surface area contributed by atoms with Crippen LogP contribution in [0.2, 0.25) is 4.34 Å². The van der Waals surface area contributed by atoms with Crippen molar-refractivity contribution in [2.45, 2.75) is 36.7 Å². The maximum atomic E-state index is 13.2. The highest BCUT2D eigenvalue weighted by molar-refractivity contribution is 7.91. The Labute approximate surface area is 226 Å². The van der Waals surface area contributed by atoms with Crippen LogP contribution in [0.15, 0.2) is 65.1 Å². The summed E-state index contributed by atoms with van der Waals surface area (Å²) in [6, 6.07) is 17.3. The summed E-state index contributed by atoms with van der Waals surface area (Å²) in [5.74, 6) is -0.402. The molecule has 0 spiro atoms. The number of benzene rings is 2. The molecule has 1 fully saturated rings. The molecular formula is C28H29ClN2O4S2. The predicted octanol–water partition coefficient (Wildman–Crippen LogP) is 5.88. The van der Waals surface area contributed by atoms with Gasteiger partial charge in [-0.3, -0.25) is 9.69 Å². The van der Waals surface area contributed by atoms with Gasteiger partial charge in [-0.15, -0.1) is 11.3 Å². The molecule has 194 valence electrons. The fraction of sp³-hybridized carbons (Fsp3) is 0.321. The van der Waals surface area contributed by atoms with Gasteiger partial charge in [-0.2, -0.15) is 0 Å². The molecule has 1 aromatic heterocycles. The van der Waals surface area contributed by atoms with Crippen molar-refractivity contribution in [1.82, 2.24) is 4.90 Å². The van der Waals surface area contributed by atoms with Crippen LogP contribution < -0.4 is 5.32 Å². The molecule has 0 aliphatic carbocycles. The predicted molar refractivity (Wildman–Crippen MR) is 150 cm³/mol. The number of carbonyl (C=O) groups is 1. The van der Waals surface area contributed by atoms with Gasteiger partial charge >= 0.3 is 0 Å².